The van der Waals surface area contributed by atoms with Crippen LogP contribution in [0.3, 0.4) is 0 Å². The number of hydrogen-bond donors (Lipinski definition) is 0. The van der Waals surface area contributed by atoms with Gasteiger partial charge in [0.2, 0.25) is 0 Å². The van der Waals surface area contributed by atoms with Crippen LogP contribution in [0.5, 0.6) is 0 Å². The number of rotatable bonds is 1. The lowest BCUT2D eigenvalue weighted by Crippen LogP contribution is -2.13. The molecule has 0 unspecified atom stereocenters. The van der Waals surface area contributed by atoms with Crippen molar-refractivity contribution in [2.45, 2.75) is 6.18 Å². The molecule has 16 heavy (non-hydrogen) atoms. The van der Waals surface area contributed by atoms with Crippen LogP contribution in [0.2, 0.25) is 0 Å². The van der Waals surface area contributed by atoms with Crippen molar-refractivity contribution < 1.29 is 22.0 Å². The van der Waals surface area contributed by atoms with Crippen molar-refractivity contribution in [3.8, 4) is 0 Å². The molecule has 1 aliphatic heterocycles. The standard InChI is InChI=1S/C9H3F5NS/c10-4-1-2-5(11)8(9(12,13)14)7(4)6-3-15(6)16/h1-3H/q-1. The fourth-order valence-corrected chi connectivity index (χ4v) is 1.53. The molecule has 86 valence electrons. The minimum absolute atomic E-state index is 0.140. The molecule has 0 atom stereocenters. The van der Waals surface area contributed by atoms with Gasteiger partial charge in [-0.2, -0.15) is 13.2 Å². The first-order chi connectivity index (χ1) is 7.32. The summed E-state index contributed by atoms with van der Waals surface area (Å²) in [6.45, 7) is 0. The van der Waals surface area contributed by atoms with Gasteiger partial charge in [0.1, 0.15) is 17.2 Å². The Bertz CT molecular complexity index is 480. The molecule has 1 nitrogen and oxygen atoms in total. The maximum Gasteiger partial charge on any atom is 0.419 e. The van der Waals surface area contributed by atoms with Crippen LogP contribution in [0.1, 0.15) is 11.1 Å². The average molecular weight is 252 g/mol. The van der Waals surface area contributed by atoms with E-state index in [4.69, 9.17) is 0 Å². The molecular formula is C9H3F5NS-. The van der Waals surface area contributed by atoms with E-state index in [9.17, 15) is 22.0 Å². The first kappa shape index (κ1) is 11.3. The molecule has 7 heteroatoms. The summed E-state index contributed by atoms with van der Waals surface area (Å²) >= 11 is 4.50. The normalized spacial score (nSPS) is 15.1. The number of alkyl halides is 3. The van der Waals surface area contributed by atoms with Gasteiger partial charge < -0.3 is 17.1 Å². The van der Waals surface area contributed by atoms with E-state index >= 15 is 0 Å². The van der Waals surface area contributed by atoms with Crippen molar-refractivity contribution in [1.82, 2.24) is 4.31 Å². The molecule has 0 fully saturated rings. The third kappa shape index (κ3) is 1.75. The van der Waals surface area contributed by atoms with Gasteiger partial charge in [-0.1, -0.05) is 0 Å². The maximum absolute atomic E-state index is 13.2. The predicted molar refractivity (Wildman–Crippen MR) is 48.5 cm³/mol. The second-order valence-electron chi connectivity index (χ2n) is 3.12. The molecule has 0 saturated heterocycles. The van der Waals surface area contributed by atoms with Crippen molar-refractivity contribution in [3.63, 3.8) is 0 Å². The Hall–Kier alpha value is -1.24. The lowest BCUT2D eigenvalue weighted by molar-refractivity contribution is -0.140. The minimum atomic E-state index is -4.96. The zero-order valence-electron chi connectivity index (χ0n) is 7.48. The molecule has 0 spiro atoms. The fraction of sp³-hybridized carbons (Fsp3) is 0.111. The molecule has 1 heterocycles. The predicted octanol–water partition coefficient (Wildman–Crippen LogP) is 3.06. The van der Waals surface area contributed by atoms with Gasteiger partial charge in [-0.3, -0.25) is 0 Å². The van der Waals surface area contributed by atoms with Crippen molar-refractivity contribution in [2.75, 3.05) is 0 Å². The summed E-state index contributed by atoms with van der Waals surface area (Å²) in [6, 6.07) is 1.08. The Labute approximate surface area is 92.7 Å². The van der Waals surface area contributed by atoms with Gasteiger partial charge in [0, 0.05) is 17.5 Å². The second-order valence-corrected chi connectivity index (χ2v) is 3.51. The lowest BCUT2D eigenvalue weighted by atomic mass is 10.0. The molecule has 0 N–H and O–H groups in total. The van der Waals surface area contributed by atoms with E-state index in [0.29, 0.717) is 12.1 Å². The molecule has 0 bridgehead atoms. The van der Waals surface area contributed by atoms with E-state index in [1.54, 1.807) is 0 Å². The topological polar surface area (TPSA) is 3.01 Å². The van der Waals surface area contributed by atoms with Crippen LogP contribution in [0, 0.1) is 11.6 Å². The van der Waals surface area contributed by atoms with Crippen molar-refractivity contribution in [3.05, 3.63) is 41.1 Å². The highest BCUT2D eigenvalue weighted by atomic mass is 32.1. The maximum atomic E-state index is 13.2. The van der Waals surface area contributed by atoms with Crippen LogP contribution in [0.4, 0.5) is 22.0 Å². The summed E-state index contributed by atoms with van der Waals surface area (Å²) in [7, 11) is 0. The quantitative estimate of drug-likeness (QED) is 0.558. The van der Waals surface area contributed by atoms with Crippen LogP contribution < -0.4 is 0 Å². The number of nitrogens with zero attached hydrogens (tertiary/aromatic N) is 1. The van der Waals surface area contributed by atoms with Crippen LogP contribution in [0.15, 0.2) is 18.3 Å². The van der Waals surface area contributed by atoms with Gasteiger partial charge in [0.25, 0.3) is 0 Å². The molecule has 0 radical (unpaired) electrons. The van der Waals surface area contributed by atoms with Crippen molar-refractivity contribution in [1.29, 1.82) is 0 Å². The Kier molecular flexibility index (Phi) is 2.37. The SMILES string of the molecule is Fc1ccc(F)c(C(F)(F)F)c1C1=CN1[S-]. The summed E-state index contributed by atoms with van der Waals surface area (Å²) in [5, 5.41) is 0. The zero-order chi connectivity index (χ0) is 12.1. The van der Waals surface area contributed by atoms with Crippen LogP contribution in [-0.4, -0.2) is 4.31 Å². The zero-order valence-corrected chi connectivity index (χ0v) is 8.29. The molecule has 1 aliphatic rings. The van der Waals surface area contributed by atoms with E-state index in [1.807, 2.05) is 0 Å². The van der Waals surface area contributed by atoms with Crippen LogP contribution >= 0.6 is 0 Å². The fourth-order valence-electron chi connectivity index (χ4n) is 1.34. The molecule has 0 amide bonds. The Morgan fingerprint density at radius 1 is 1.06 bits per heavy atom. The highest BCUT2D eigenvalue weighted by molar-refractivity contribution is 7.57. The van der Waals surface area contributed by atoms with Crippen molar-refractivity contribution >= 4 is 18.5 Å². The van der Waals surface area contributed by atoms with Gasteiger partial charge >= 0.3 is 6.18 Å². The second kappa shape index (κ2) is 3.38. The smallest absolute Gasteiger partial charge is 0.419 e. The number of hydrogen-bond acceptors (Lipinski definition) is 2. The number of halogens is 5. The summed E-state index contributed by atoms with van der Waals surface area (Å²) in [6.07, 6.45) is -3.84. The highest BCUT2D eigenvalue weighted by Gasteiger charge is 2.40. The molecule has 1 aromatic carbocycles. The third-order valence-corrected chi connectivity index (χ3v) is 2.35. The van der Waals surface area contributed by atoms with E-state index in [0.717, 1.165) is 10.5 Å². The molecule has 1 aromatic rings. The Morgan fingerprint density at radius 2 is 1.56 bits per heavy atom. The summed E-state index contributed by atoms with van der Waals surface area (Å²) in [5.74, 6) is -2.66. The third-order valence-electron chi connectivity index (χ3n) is 2.05. The van der Waals surface area contributed by atoms with Gasteiger partial charge in [-0.15, -0.1) is 0 Å². The first-order valence-corrected chi connectivity index (χ1v) is 4.42. The Morgan fingerprint density at radius 3 is 2.00 bits per heavy atom. The molecule has 0 aromatic heterocycles. The molecular weight excluding hydrogens is 249 g/mol. The van der Waals surface area contributed by atoms with Crippen LogP contribution in [0.25, 0.3) is 5.70 Å². The average Bonchev–Trinajstić information content (AvgIpc) is 2.84. The van der Waals surface area contributed by atoms with E-state index in [-0.39, 0.29) is 5.70 Å². The first-order valence-electron chi connectivity index (χ1n) is 4.06. The summed E-state index contributed by atoms with van der Waals surface area (Å²) < 4.78 is 64.8. The van der Waals surface area contributed by atoms with E-state index in [1.165, 1.54) is 0 Å². The monoisotopic (exact) mass is 252 g/mol. The van der Waals surface area contributed by atoms with Gasteiger partial charge in [-0.05, 0) is 12.1 Å². The molecule has 2 rings (SSSR count). The van der Waals surface area contributed by atoms with Crippen molar-refractivity contribution in [2.24, 2.45) is 0 Å². The van der Waals surface area contributed by atoms with Gasteiger partial charge in [-0.25, -0.2) is 8.78 Å². The largest absolute Gasteiger partial charge is 0.661 e. The minimum Gasteiger partial charge on any atom is -0.661 e. The van der Waals surface area contributed by atoms with Crippen LogP contribution in [-0.2, 0) is 19.0 Å². The van der Waals surface area contributed by atoms with Gasteiger partial charge in [0.05, 0.1) is 0 Å². The highest BCUT2D eigenvalue weighted by Crippen LogP contribution is 2.42. The summed E-state index contributed by atoms with van der Waals surface area (Å²) in [4.78, 5) is 0. The lowest BCUT2D eigenvalue weighted by Gasteiger charge is -2.16. The Balaban J connectivity index is 2.65. The summed E-state index contributed by atoms with van der Waals surface area (Å²) in [5.41, 5.74) is -2.59. The number of benzene rings is 1. The van der Waals surface area contributed by atoms with Gasteiger partial charge in [0.15, 0.2) is 0 Å². The van der Waals surface area contributed by atoms with E-state index in [2.05, 4.69) is 12.8 Å². The molecule has 0 aliphatic carbocycles. The molecule has 0 saturated carbocycles. The van der Waals surface area contributed by atoms with E-state index < -0.39 is 28.9 Å².